The molecule has 3 unspecified atom stereocenters. The maximum absolute atomic E-state index is 9.24. The van der Waals surface area contributed by atoms with Gasteiger partial charge >= 0.3 is 0 Å². The van der Waals surface area contributed by atoms with Crippen molar-refractivity contribution in [3.63, 3.8) is 0 Å². The third-order valence-corrected chi connectivity index (χ3v) is 7.89. The van der Waals surface area contributed by atoms with Crippen LogP contribution in [0.15, 0.2) is 72.8 Å². The smallest absolute Gasteiger partial charge is 0.164 e. The summed E-state index contributed by atoms with van der Waals surface area (Å²) in [5.41, 5.74) is 3.14. The number of hydrogen-bond donors (Lipinski definition) is 0. The van der Waals surface area contributed by atoms with E-state index in [1.165, 1.54) is 18.4 Å². The first-order valence-electron chi connectivity index (χ1n) is 13.6. The average Bonchev–Trinajstić information content (AvgIpc) is 3.20. The molecule has 3 aromatic carbocycles. The van der Waals surface area contributed by atoms with Gasteiger partial charge in [0.15, 0.2) is 11.5 Å². The topological polar surface area (TPSA) is 58.0 Å². The number of nitrogens with zero attached hydrogens (tertiary/aromatic N) is 3. The summed E-state index contributed by atoms with van der Waals surface area (Å²) in [6.07, 6.45) is 4.40. The fourth-order valence-corrected chi connectivity index (χ4v) is 5.99. The standard InChI is InChI=1S/C32H37N3O3/c1-36-31-17-16-29(19-32(31)37-2)38-30(26-12-10-24(20-33)11-13-26)9-6-18-35-27-14-15-28(35)23-34(22-27)21-25-7-4-3-5-8-25/h3-5,7-8,10-13,16-17,19,27-28,30H,6,9,14-15,18,21-23H2,1-2H3. The van der Waals surface area contributed by atoms with Crippen LogP contribution in [0.4, 0.5) is 0 Å². The summed E-state index contributed by atoms with van der Waals surface area (Å²) in [6, 6.07) is 27.7. The number of piperazine rings is 1. The molecule has 6 heteroatoms. The van der Waals surface area contributed by atoms with E-state index in [2.05, 4.69) is 46.2 Å². The summed E-state index contributed by atoms with van der Waals surface area (Å²) in [7, 11) is 3.26. The van der Waals surface area contributed by atoms with Crippen molar-refractivity contribution in [2.24, 2.45) is 0 Å². The molecule has 2 fully saturated rings. The van der Waals surface area contributed by atoms with Crippen LogP contribution in [0.1, 0.15) is 48.5 Å². The van der Waals surface area contributed by atoms with Crippen LogP contribution in [-0.4, -0.2) is 55.7 Å². The van der Waals surface area contributed by atoms with E-state index >= 15 is 0 Å². The van der Waals surface area contributed by atoms with Crippen molar-refractivity contribution in [3.05, 3.63) is 89.5 Å². The fraction of sp³-hybridized carbons (Fsp3) is 0.406. The van der Waals surface area contributed by atoms with Gasteiger partial charge in [0.2, 0.25) is 0 Å². The van der Waals surface area contributed by atoms with Gasteiger partial charge in [0.1, 0.15) is 11.9 Å². The number of nitriles is 1. The second kappa shape index (κ2) is 12.3. The Labute approximate surface area is 226 Å². The molecule has 198 valence electrons. The zero-order valence-electron chi connectivity index (χ0n) is 22.4. The fourth-order valence-electron chi connectivity index (χ4n) is 5.99. The Morgan fingerprint density at radius 2 is 1.61 bits per heavy atom. The van der Waals surface area contributed by atoms with E-state index in [4.69, 9.17) is 14.2 Å². The SMILES string of the molecule is COc1ccc(OC(CCCN2C3CCC2CN(Cc2ccccc2)C3)c2ccc(C#N)cc2)cc1OC. The summed E-state index contributed by atoms with van der Waals surface area (Å²) < 4.78 is 17.4. The summed E-state index contributed by atoms with van der Waals surface area (Å²) in [4.78, 5) is 5.38. The lowest BCUT2D eigenvalue weighted by atomic mass is 10.0. The van der Waals surface area contributed by atoms with Crippen LogP contribution in [0, 0.1) is 11.3 Å². The van der Waals surface area contributed by atoms with E-state index < -0.39 is 0 Å². The molecule has 0 spiro atoms. The molecule has 2 saturated heterocycles. The number of hydrogen-bond acceptors (Lipinski definition) is 6. The minimum absolute atomic E-state index is 0.113. The van der Waals surface area contributed by atoms with Crippen molar-refractivity contribution in [1.82, 2.24) is 9.80 Å². The largest absolute Gasteiger partial charge is 0.493 e. The monoisotopic (exact) mass is 511 g/mol. The molecule has 5 rings (SSSR count). The van der Waals surface area contributed by atoms with Gasteiger partial charge in [-0.2, -0.15) is 5.26 Å². The van der Waals surface area contributed by atoms with Crippen LogP contribution in [0.2, 0.25) is 0 Å². The van der Waals surface area contributed by atoms with Crippen molar-refractivity contribution in [1.29, 1.82) is 5.26 Å². The molecule has 3 aromatic rings. The van der Waals surface area contributed by atoms with E-state index in [9.17, 15) is 5.26 Å². The van der Waals surface area contributed by atoms with Crippen LogP contribution in [0.5, 0.6) is 17.2 Å². The number of methoxy groups -OCH3 is 2. The Morgan fingerprint density at radius 1 is 0.895 bits per heavy atom. The molecule has 0 aromatic heterocycles. The molecule has 0 radical (unpaired) electrons. The molecule has 2 bridgehead atoms. The quantitative estimate of drug-likeness (QED) is 0.323. The Morgan fingerprint density at radius 3 is 2.26 bits per heavy atom. The second-order valence-electron chi connectivity index (χ2n) is 10.3. The molecule has 3 atom stereocenters. The molecule has 0 saturated carbocycles. The zero-order valence-corrected chi connectivity index (χ0v) is 22.4. The minimum atomic E-state index is -0.113. The van der Waals surface area contributed by atoms with Gasteiger partial charge in [-0.3, -0.25) is 9.80 Å². The highest BCUT2D eigenvalue weighted by Gasteiger charge is 2.39. The molecular weight excluding hydrogens is 474 g/mol. The average molecular weight is 512 g/mol. The zero-order chi connectivity index (χ0) is 26.3. The van der Waals surface area contributed by atoms with E-state index in [0.717, 1.165) is 50.3 Å². The van der Waals surface area contributed by atoms with Crippen LogP contribution in [-0.2, 0) is 6.54 Å². The van der Waals surface area contributed by atoms with Crippen LogP contribution in [0.3, 0.4) is 0 Å². The highest BCUT2D eigenvalue weighted by Crippen LogP contribution is 2.35. The van der Waals surface area contributed by atoms with Crippen LogP contribution < -0.4 is 14.2 Å². The molecule has 0 amide bonds. The van der Waals surface area contributed by atoms with E-state index in [0.29, 0.717) is 29.1 Å². The molecule has 2 heterocycles. The Balaban J connectivity index is 1.22. The number of benzene rings is 3. The van der Waals surface area contributed by atoms with Crippen molar-refractivity contribution >= 4 is 0 Å². The number of rotatable bonds is 11. The number of fused-ring (bicyclic) bond motifs is 2. The highest BCUT2D eigenvalue weighted by atomic mass is 16.5. The highest BCUT2D eigenvalue weighted by molar-refractivity contribution is 5.45. The van der Waals surface area contributed by atoms with Gasteiger partial charge in [-0.1, -0.05) is 42.5 Å². The third-order valence-electron chi connectivity index (χ3n) is 7.89. The van der Waals surface area contributed by atoms with Gasteiger partial charge < -0.3 is 14.2 Å². The predicted molar refractivity (Wildman–Crippen MR) is 149 cm³/mol. The lowest BCUT2D eigenvalue weighted by molar-refractivity contribution is 0.0581. The summed E-state index contributed by atoms with van der Waals surface area (Å²) in [5.74, 6) is 2.07. The van der Waals surface area contributed by atoms with E-state index in [1.54, 1.807) is 14.2 Å². The number of likely N-dealkylation sites (tertiary alicyclic amines) is 1. The summed E-state index contributed by atoms with van der Waals surface area (Å²) in [6.45, 7) is 4.41. The van der Waals surface area contributed by atoms with Gasteiger partial charge in [0.05, 0.1) is 25.9 Å². The van der Waals surface area contributed by atoms with Crippen molar-refractivity contribution in [2.75, 3.05) is 33.9 Å². The second-order valence-corrected chi connectivity index (χ2v) is 10.3. The first kappa shape index (κ1) is 26.1. The van der Waals surface area contributed by atoms with E-state index in [-0.39, 0.29) is 6.10 Å². The van der Waals surface area contributed by atoms with Crippen LogP contribution in [0.25, 0.3) is 0 Å². The number of ether oxygens (including phenoxy) is 3. The Bertz CT molecular complexity index is 1210. The maximum Gasteiger partial charge on any atom is 0.164 e. The van der Waals surface area contributed by atoms with Gasteiger partial charge in [-0.25, -0.2) is 0 Å². The Hall–Kier alpha value is -3.53. The molecular formula is C32H37N3O3. The normalized spacial score (nSPS) is 20.0. The summed E-state index contributed by atoms with van der Waals surface area (Å²) >= 11 is 0. The lowest BCUT2D eigenvalue weighted by Crippen LogP contribution is -2.53. The third kappa shape index (κ3) is 6.12. The molecule has 0 N–H and O–H groups in total. The molecule has 2 aliphatic rings. The van der Waals surface area contributed by atoms with Gasteiger partial charge in [-0.15, -0.1) is 0 Å². The van der Waals surface area contributed by atoms with Crippen molar-refractivity contribution in [2.45, 2.75) is 50.4 Å². The Kier molecular flexibility index (Phi) is 8.47. The van der Waals surface area contributed by atoms with Crippen molar-refractivity contribution in [3.8, 4) is 23.3 Å². The maximum atomic E-state index is 9.24. The van der Waals surface area contributed by atoms with E-state index in [1.807, 2.05) is 42.5 Å². The van der Waals surface area contributed by atoms with Gasteiger partial charge in [0.25, 0.3) is 0 Å². The lowest BCUT2D eigenvalue weighted by Gasteiger charge is -2.41. The first-order chi connectivity index (χ1) is 18.7. The first-order valence-corrected chi connectivity index (χ1v) is 13.6. The van der Waals surface area contributed by atoms with Gasteiger partial charge in [-0.05, 0) is 67.6 Å². The molecule has 2 aliphatic heterocycles. The molecule has 38 heavy (non-hydrogen) atoms. The molecule has 0 aliphatic carbocycles. The summed E-state index contributed by atoms with van der Waals surface area (Å²) in [5, 5.41) is 9.24. The predicted octanol–water partition coefficient (Wildman–Crippen LogP) is 5.82. The van der Waals surface area contributed by atoms with Crippen LogP contribution >= 0.6 is 0 Å². The molecule has 6 nitrogen and oxygen atoms in total. The van der Waals surface area contributed by atoms with Gasteiger partial charge in [0, 0.05) is 37.8 Å². The van der Waals surface area contributed by atoms with Crippen molar-refractivity contribution < 1.29 is 14.2 Å². The minimum Gasteiger partial charge on any atom is -0.493 e.